The fraction of sp³-hybridized carbons (Fsp3) is 0.280. The largest absolute Gasteiger partial charge is 0.503 e. The zero-order valence-corrected chi connectivity index (χ0v) is 18.3. The molecule has 4 rings (SSSR count). The molecule has 7 nitrogen and oxygen atoms in total. The minimum absolute atomic E-state index is 0.00860. The number of hydrogen-bond donors (Lipinski definition) is 1. The predicted octanol–water partition coefficient (Wildman–Crippen LogP) is 4.83. The van der Waals surface area contributed by atoms with Gasteiger partial charge in [-0.05, 0) is 36.2 Å². The lowest BCUT2D eigenvalue weighted by Gasteiger charge is -2.26. The Morgan fingerprint density at radius 2 is 1.88 bits per heavy atom. The number of aliphatic hydroxyl groups is 1. The lowest BCUT2D eigenvalue weighted by molar-refractivity contribution is -0.129. The van der Waals surface area contributed by atoms with Crippen molar-refractivity contribution >= 4 is 22.7 Å². The van der Waals surface area contributed by atoms with E-state index in [2.05, 4.69) is 0 Å². The summed E-state index contributed by atoms with van der Waals surface area (Å²) >= 11 is 0. The summed E-state index contributed by atoms with van der Waals surface area (Å²) in [5.74, 6) is -0.443. The number of nitrogens with zero attached hydrogens (tertiary/aromatic N) is 1. The van der Waals surface area contributed by atoms with Crippen molar-refractivity contribution in [3.8, 4) is 11.5 Å². The van der Waals surface area contributed by atoms with Crippen molar-refractivity contribution in [1.29, 1.82) is 0 Å². The van der Waals surface area contributed by atoms with Crippen molar-refractivity contribution in [1.82, 2.24) is 4.90 Å². The Kier molecular flexibility index (Phi) is 5.90. The van der Waals surface area contributed by atoms with Gasteiger partial charge in [-0.25, -0.2) is 0 Å². The van der Waals surface area contributed by atoms with Crippen LogP contribution in [-0.2, 0) is 4.79 Å². The number of para-hydroxylation sites is 1. The van der Waals surface area contributed by atoms with E-state index in [1.807, 2.05) is 6.92 Å². The van der Waals surface area contributed by atoms with E-state index in [1.54, 1.807) is 55.6 Å². The van der Waals surface area contributed by atoms with Gasteiger partial charge in [0.2, 0.25) is 5.78 Å². The van der Waals surface area contributed by atoms with Gasteiger partial charge in [0, 0.05) is 11.9 Å². The average Bonchev–Trinajstić information content (AvgIpc) is 3.37. The summed E-state index contributed by atoms with van der Waals surface area (Å²) in [5, 5.41) is 11.4. The van der Waals surface area contributed by atoms with Crippen LogP contribution in [0.15, 0.2) is 64.3 Å². The molecule has 32 heavy (non-hydrogen) atoms. The Balaban J connectivity index is 1.80. The molecular formula is C25H25NO6. The van der Waals surface area contributed by atoms with Crippen molar-refractivity contribution in [3.05, 3.63) is 71.2 Å². The Labute approximate surface area is 185 Å². The van der Waals surface area contributed by atoms with Gasteiger partial charge in [0.25, 0.3) is 5.91 Å². The number of fused-ring (bicyclic) bond motifs is 1. The summed E-state index contributed by atoms with van der Waals surface area (Å²) in [6.45, 7) is 2.44. The first kappa shape index (κ1) is 21.5. The van der Waals surface area contributed by atoms with Gasteiger partial charge in [0.15, 0.2) is 22.9 Å². The second-order valence-electron chi connectivity index (χ2n) is 7.61. The molecule has 1 atom stereocenters. The van der Waals surface area contributed by atoms with Crippen LogP contribution in [0.2, 0.25) is 0 Å². The number of furan rings is 1. The van der Waals surface area contributed by atoms with Crippen molar-refractivity contribution < 1.29 is 28.6 Å². The van der Waals surface area contributed by atoms with Crippen LogP contribution >= 0.6 is 0 Å². The predicted molar refractivity (Wildman–Crippen MR) is 119 cm³/mol. The summed E-state index contributed by atoms with van der Waals surface area (Å²) < 4.78 is 16.4. The summed E-state index contributed by atoms with van der Waals surface area (Å²) in [4.78, 5) is 28.0. The number of ketones is 1. The molecule has 0 radical (unpaired) electrons. The number of amides is 1. The molecule has 1 aliphatic heterocycles. The summed E-state index contributed by atoms with van der Waals surface area (Å²) in [5.41, 5.74) is 1.15. The number of methoxy groups -OCH3 is 2. The topological polar surface area (TPSA) is 89.2 Å². The van der Waals surface area contributed by atoms with Gasteiger partial charge in [0.05, 0.1) is 25.8 Å². The molecular weight excluding hydrogens is 410 g/mol. The third-order valence-electron chi connectivity index (χ3n) is 5.68. The molecule has 0 bridgehead atoms. The number of aliphatic hydroxyl groups excluding tert-OH is 1. The lowest BCUT2D eigenvalue weighted by atomic mass is 9.95. The Bertz CT molecular complexity index is 1190. The van der Waals surface area contributed by atoms with E-state index in [4.69, 9.17) is 13.9 Å². The number of unbranched alkanes of at least 4 members (excludes halogenated alkanes) is 1. The van der Waals surface area contributed by atoms with E-state index < -0.39 is 23.5 Å². The van der Waals surface area contributed by atoms with Gasteiger partial charge in [-0.3, -0.25) is 9.59 Å². The maximum atomic E-state index is 13.5. The molecule has 1 amide bonds. The SMILES string of the molecule is CCCCN1C(=O)C(O)=C(C(=O)c2cc3cccc(OC)c3o2)C1c1ccc(OC)cc1. The van der Waals surface area contributed by atoms with Gasteiger partial charge in [-0.15, -0.1) is 0 Å². The van der Waals surface area contributed by atoms with E-state index in [0.717, 1.165) is 12.8 Å². The van der Waals surface area contributed by atoms with E-state index in [0.29, 0.717) is 34.6 Å². The second kappa shape index (κ2) is 8.78. The first-order valence-electron chi connectivity index (χ1n) is 10.5. The standard InChI is InChI=1S/C25H25NO6/c1-4-5-13-26-21(15-9-11-17(30-2)12-10-15)20(23(28)25(26)29)22(27)19-14-16-7-6-8-18(31-3)24(16)32-19/h6-12,14,21,28H,4-5,13H2,1-3H3. The third kappa shape index (κ3) is 3.60. The monoisotopic (exact) mass is 435 g/mol. The minimum Gasteiger partial charge on any atom is -0.503 e. The number of ether oxygens (including phenoxy) is 2. The fourth-order valence-electron chi connectivity index (χ4n) is 4.02. The van der Waals surface area contributed by atoms with Crippen molar-refractivity contribution in [2.45, 2.75) is 25.8 Å². The number of hydrogen-bond acceptors (Lipinski definition) is 6. The van der Waals surface area contributed by atoms with Crippen molar-refractivity contribution in [3.63, 3.8) is 0 Å². The molecule has 1 N–H and O–H groups in total. The quantitative estimate of drug-likeness (QED) is 0.510. The van der Waals surface area contributed by atoms with Gasteiger partial charge in [-0.2, -0.15) is 0 Å². The molecule has 3 aromatic rings. The van der Waals surface area contributed by atoms with Crippen LogP contribution in [0.5, 0.6) is 11.5 Å². The highest BCUT2D eigenvalue weighted by Gasteiger charge is 2.44. The Morgan fingerprint density at radius 1 is 1.12 bits per heavy atom. The highest BCUT2D eigenvalue weighted by molar-refractivity contribution is 6.16. The van der Waals surface area contributed by atoms with Crippen LogP contribution in [0.3, 0.4) is 0 Å². The molecule has 166 valence electrons. The van der Waals surface area contributed by atoms with Crippen LogP contribution < -0.4 is 9.47 Å². The number of carbonyl (C=O) groups is 2. The number of Topliss-reactive ketones (excluding diaryl/α,β-unsaturated/α-hetero) is 1. The second-order valence-corrected chi connectivity index (χ2v) is 7.61. The van der Waals surface area contributed by atoms with E-state index in [1.165, 1.54) is 12.0 Å². The zero-order chi connectivity index (χ0) is 22.8. The molecule has 1 aliphatic rings. The van der Waals surface area contributed by atoms with Crippen LogP contribution in [0.25, 0.3) is 11.0 Å². The minimum atomic E-state index is -0.720. The van der Waals surface area contributed by atoms with E-state index >= 15 is 0 Å². The van der Waals surface area contributed by atoms with Gasteiger partial charge < -0.3 is 23.9 Å². The van der Waals surface area contributed by atoms with Gasteiger partial charge in [-0.1, -0.05) is 37.6 Å². The number of carbonyl (C=O) groups excluding carboxylic acids is 2. The molecule has 0 aliphatic carbocycles. The first-order chi connectivity index (χ1) is 15.5. The maximum absolute atomic E-state index is 13.5. The Hall–Kier alpha value is -3.74. The molecule has 1 aromatic heterocycles. The van der Waals surface area contributed by atoms with Crippen LogP contribution in [0.4, 0.5) is 0 Å². The van der Waals surface area contributed by atoms with E-state index in [9.17, 15) is 14.7 Å². The normalized spacial score (nSPS) is 16.2. The van der Waals surface area contributed by atoms with E-state index in [-0.39, 0.29) is 11.3 Å². The zero-order valence-electron chi connectivity index (χ0n) is 18.3. The molecule has 1 unspecified atom stereocenters. The summed E-state index contributed by atoms with van der Waals surface area (Å²) in [6, 6.07) is 13.3. The molecule has 0 fully saturated rings. The van der Waals surface area contributed by atoms with Gasteiger partial charge in [0.1, 0.15) is 5.75 Å². The van der Waals surface area contributed by atoms with Crippen LogP contribution in [-0.4, -0.2) is 42.5 Å². The Morgan fingerprint density at radius 3 is 2.53 bits per heavy atom. The third-order valence-corrected chi connectivity index (χ3v) is 5.68. The fourth-order valence-corrected chi connectivity index (χ4v) is 4.02. The van der Waals surface area contributed by atoms with Gasteiger partial charge >= 0.3 is 0 Å². The first-order valence-corrected chi connectivity index (χ1v) is 10.5. The number of rotatable bonds is 8. The maximum Gasteiger partial charge on any atom is 0.290 e. The van der Waals surface area contributed by atoms with Crippen molar-refractivity contribution in [2.75, 3.05) is 20.8 Å². The van der Waals surface area contributed by atoms with Crippen LogP contribution in [0.1, 0.15) is 41.9 Å². The highest BCUT2D eigenvalue weighted by Crippen LogP contribution is 2.40. The number of benzene rings is 2. The average molecular weight is 435 g/mol. The summed E-state index contributed by atoms with van der Waals surface area (Å²) in [6.07, 6.45) is 1.61. The molecule has 0 saturated heterocycles. The molecule has 2 heterocycles. The van der Waals surface area contributed by atoms with Crippen LogP contribution in [0, 0.1) is 0 Å². The highest BCUT2D eigenvalue weighted by atomic mass is 16.5. The van der Waals surface area contributed by atoms with Crippen molar-refractivity contribution in [2.24, 2.45) is 0 Å². The smallest absolute Gasteiger partial charge is 0.290 e. The molecule has 0 spiro atoms. The molecule has 2 aromatic carbocycles. The molecule has 7 heteroatoms. The molecule has 0 saturated carbocycles. The summed E-state index contributed by atoms with van der Waals surface area (Å²) in [7, 11) is 3.09. The lowest BCUT2D eigenvalue weighted by Crippen LogP contribution is -2.32.